The van der Waals surface area contributed by atoms with Crippen LogP contribution in [0.5, 0.6) is 0 Å². The Kier molecular flexibility index (Phi) is 7.23. The van der Waals surface area contributed by atoms with Crippen LogP contribution in [0.25, 0.3) is 0 Å². The van der Waals surface area contributed by atoms with E-state index >= 15 is 0 Å². The fourth-order valence-corrected chi connectivity index (χ4v) is 5.30. The number of halogens is 1. The molecule has 1 atom stereocenters. The molecule has 1 aromatic heterocycles. The first-order chi connectivity index (χ1) is 16.0. The van der Waals surface area contributed by atoms with Crippen molar-refractivity contribution in [2.24, 2.45) is 0 Å². The van der Waals surface area contributed by atoms with E-state index in [-0.39, 0.29) is 24.3 Å². The minimum absolute atomic E-state index is 0.0797. The molecule has 1 aliphatic carbocycles. The average Bonchev–Trinajstić information content (AvgIpc) is 3.33. The van der Waals surface area contributed by atoms with Gasteiger partial charge in [0.1, 0.15) is 11.4 Å². The number of rotatable bonds is 7. The summed E-state index contributed by atoms with van der Waals surface area (Å²) in [6.07, 6.45) is 5.33. The molecular weight excluding hydrogens is 435 g/mol. The number of hydrogen-bond acceptors (Lipinski definition) is 3. The number of amides is 2. The third-order valence-corrected chi connectivity index (χ3v) is 7.26. The molecule has 1 saturated carbocycles. The van der Waals surface area contributed by atoms with Crippen molar-refractivity contribution in [3.63, 3.8) is 0 Å². The van der Waals surface area contributed by atoms with E-state index in [0.717, 1.165) is 30.6 Å². The third kappa shape index (κ3) is 5.17. The molecule has 4 nitrogen and oxygen atoms in total. The van der Waals surface area contributed by atoms with Crippen LogP contribution in [0.4, 0.5) is 10.1 Å². The highest BCUT2D eigenvalue weighted by molar-refractivity contribution is 7.10. The molecule has 1 N–H and O–H groups in total. The monoisotopic (exact) mass is 464 g/mol. The lowest BCUT2D eigenvalue weighted by molar-refractivity contribution is -0.131. The molecule has 1 aliphatic rings. The Morgan fingerprint density at radius 1 is 1.03 bits per heavy atom. The van der Waals surface area contributed by atoms with Gasteiger partial charge in [0.25, 0.3) is 5.91 Å². The molecule has 0 bridgehead atoms. The number of nitrogens with zero attached hydrogens (tertiary/aromatic N) is 1. The molecule has 172 valence electrons. The highest BCUT2D eigenvalue weighted by Crippen LogP contribution is 2.35. The number of carbonyl (C=O) groups excluding carboxylic acids is 2. The summed E-state index contributed by atoms with van der Waals surface area (Å²) in [5.41, 5.74) is -0.301. The Balaban J connectivity index is 1.79. The van der Waals surface area contributed by atoms with Crippen LogP contribution in [0.2, 0.25) is 0 Å². The molecule has 2 amide bonds. The van der Waals surface area contributed by atoms with Crippen LogP contribution in [-0.4, -0.2) is 17.9 Å². The number of thiophene rings is 1. The largest absolute Gasteiger partial charge is 0.351 e. The lowest BCUT2D eigenvalue weighted by Gasteiger charge is -2.41. The molecule has 0 saturated heterocycles. The maximum absolute atomic E-state index is 14.3. The lowest BCUT2D eigenvalue weighted by atomic mass is 9.86. The molecule has 1 fully saturated rings. The van der Waals surface area contributed by atoms with E-state index in [4.69, 9.17) is 0 Å². The summed E-state index contributed by atoms with van der Waals surface area (Å²) >= 11 is 1.49. The van der Waals surface area contributed by atoms with Crippen molar-refractivity contribution >= 4 is 28.8 Å². The van der Waals surface area contributed by atoms with Gasteiger partial charge in [-0.05, 0) is 55.0 Å². The molecule has 1 heterocycles. The molecule has 2 aromatic carbocycles. The first kappa shape index (κ1) is 23.2. The topological polar surface area (TPSA) is 49.4 Å². The van der Waals surface area contributed by atoms with E-state index in [0.29, 0.717) is 11.3 Å². The number of nitrogens with one attached hydrogen (secondary N) is 1. The van der Waals surface area contributed by atoms with Gasteiger partial charge in [-0.3, -0.25) is 14.5 Å². The summed E-state index contributed by atoms with van der Waals surface area (Å²) in [5, 5.41) is 5.13. The second kappa shape index (κ2) is 10.3. The van der Waals surface area contributed by atoms with Gasteiger partial charge >= 0.3 is 0 Å². The molecule has 6 heteroatoms. The third-order valence-electron chi connectivity index (χ3n) is 6.39. The number of benzene rings is 2. The summed E-state index contributed by atoms with van der Waals surface area (Å²) in [4.78, 5) is 30.1. The molecule has 0 spiro atoms. The lowest BCUT2D eigenvalue weighted by Crippen LogP contribution is -2.59. The van der Waals surface area contributed by atoms with Gasteiger partial charge < -0.3 is 5.32 Å². The van der Waals surface area contributed by atoms with Crippen molar-refractivity contribution < 1.29 is 14.0 Å². The van der Waals surface area contributed by atoms with Gasteiger partial charge in [0.05, 0.1) is 6.42 Å². The maximum Gasteiger partial charge on any atom is 0.250 e. The first-order valence-corrected chi connectivity index (χ1v) is 12.3. The van der Waals surface area contributed by atoms with Crippen LogP contribution in [0.3, 0.4) is 0 Å². The highest BCUT2D eigenvalue weighted by atomic mass is 32.1. The second-order valence-electron chi connectivity index (χ2n) is 8.71. The predicted molar refractivity (Wildman–Crippen MR) is 131 cm³/mol. The van der Waals surface area contributed by atoms with Gasteiger partial charge in [-0.1, -0.05) is 61.7 Å². The smallest absolute Gasteiger partial charge is 0.250 e. The zero-order valence-electron chi connectivity index (χ0n) is 18.8. The van der Waals surface area contributed by atoms with Crippen molar-refractivity contribution in [3.8, 4) is 0 Å². The summed E-state index contributed by atoms with van der Waals surface area (Å²) in [7, 11) is 0. The Hall–Kier alpha value is -2.99. The van der Waals surface area contributed by atoms with Gasteiger partial charge in [0.2, 0.25) is 5.91 Å². The number of hydrogen-bond donors (Lipinski definition) is 1. The van der Waals surface area contributed by atoms with Gasteiger partial charge in [-0.25, -0.2) is 4.39 Å². The molecule has 0 aliphatic heterocycles. The van der Waals surface area contributed by atoms with Gasteiger partial charge in [-0.2, -0.15) is 0 Å². The van der Waals surface area contributed by atoms with Crippen LogP contribution >= 0.6 is 11.3 Å². The SMILES string of the molecule is CC(C(=O)NC1CCCCC1)(c1ccccc1)N(C(=O)Cc1cccs1)c1cccc(F)c1. The van der Waals surface area contributed by atoms with Crippen LogP contribution in [0, 0.1) is 5.82 Å². The van der Waals surface area contributed by atoms with Gasteiger partial charge in [0, 0.05) is 16.6 Å². The van der Waals surface area contributed by atoms with Crippen LogP contribution < -0.4 is 10.2 Å². The van der Waals surface area contributed by atoms with Crippen molar-refractivity contribution in [1.82, 2.24) is 5.32 Å². The molecule has 4 rings (SSSR count). The molecule has 3 aromatic rings. The minimum Gasteiger partial charge on any atom is -0.351 e. The summed E-state index contributed by atoms with van der Waals surface area (Å²) < 4.78 is 14.3. The Labute approximate surface area is 198 Å². The highest BCUT2D eigenvalue weighted by Gasteiger charge is 2.45. The molecular formula is C27H29FN2O2S. The Bertz CT molecular complexity index is 1080. The van der Waals surface area contributed by atoms with Crippen molar-refractivity contribution in [2.75, 3.05) is 4.90 Å². The predicted octanol–water partition coefficient (Wildman–Crippen LogP) is 5.83. The zero-order chi connectivity index (χ0) is 23.3. The van der Waals surface area contributed by atoms with Gasteiger partial charge in [0.15, 0.2) is 0 Å². The van der Waals surface area contributed by atoms with Gasteiger partial charge in [-0.15, -0.1) is 11.3 Å². The summed E-state index contributed by atoms with van der Waals surface area (Å²) in [5.74, 6) is -0.956. The van der Waals surface area contributed by atoms with E-state index in [2.05, 4.69) is 5.32 Å². The summed E-state index contributed by atoms with van der Waals surface area (Å²) in [6, 6.07) is 19.1. The van der Waals surface area contributed by atoms with E-state index in [1.807, 2.05) is 47.8 Å². The van der Waals surface area contributed by atoms with E-state index < -0.39 is 11.4 Å². The fraction of sp³-hybridized carbons (Fsp3) is 0.333. The number of anilines is 1. The molecule has 1 unspecified atom stereocenters. The number of carbonyl (C=O) groups is 2. The van der Waals surface area contributed by atoms with Crippen LogP contribution in [0.1, 0.15) is 49.5 Å². The van der Waals surface area contributed by atoms with Crippen LogP contribution in [-0.2, 0) is 21.5 Å². The zero-order valence-corrected chi connectivity index (χ0v) is 19.6. The first-order valence-electron chi connectivity index (χ1n) is 11.5. The molecule has 33 heavy (non-hydrogen) atoms. The van der Waals surface area contributed by atoms with Crippen molar-refractivity contribution in [1.29, 1.82) is 0 Å². The average molecular weight is 465 g/mol. The normalized spacial score (nSPS) is 16.1. The minimum atomic E-state index is -1.35. The molecule has 0 radical (unpaired) electrons. The van der Waals surface area contributed by atoms with Crippen molar-refractivity contribution in [2.45, 2.75) is 57.0 Å². The maximum atomic E-state index is 14.3. The Morgan fingerprint density at radius 3 is 2.45 bits per heavy atom. The van der Waals surface area contributed by atoms with Crippen molar-refractivity contribution in [3.05, 3.63) is 88.4 Å². The fourth-order valence-electron chi connectivity index (χ4n) is 4.61. The standard InChI is InChI=1S/C27H29FN2O2S/c1-27(20-10-4-2-5-11-20,26(32)29-22-13-6-3-7-14-22)30(23-15-8-12-21(28)18-23)25(31)19-24-16-9-17-33-24/h2,4-5,8-12,15-18,22H,3,6-7,13-14,19H2,1H3,(H,29,32). The van der Waals surface area contributed by atoms with E-state index in [1.54, 1.807) is 19.1 Å². The van der Waals surface area contributed by atoms with E-state index in [9.17, 15) is 14.0 Å². The quantitative estimate of drug-likeness (QED) is 0.478. The summed E-state index contributed by atoms with van der Waals surface area (Å²) in [6.45, 7) is 1.76. The second-order valence-corrected chi connectivity index (χ2v) is 9.74. The van der Waals surface area contributed by atoms with E-state index in [1.165, 1.54) is 34.8 Å². The Morgan fingerprint density at radius 2 is 1.79 bits per heavy atom. The van der Waals surface area contributed by atoms with Crippen LogP contribution in [0.15, 0.2) is 72.1 Å².